The molecule has 132 valence electrons. The lowest BCUT2D eigenvalue weighted by molar-refractivity contribution is -0.154. The molecule has 1 fully saturated rings. The van der Waals surface area contributed by atoms with Crippen molar-refractivity contribution in [2.75, 3.05) is 11.9 Å². The predicted octanol–water partition coefficient (Wildman–Crippen LogP) is 4.02. The van der Waals surface area contributed by atoms with Crippen molar-refractivity contribution in [3.05, 3.63) is 34.2 Å². The number of anilines is 1. The minimum atomic E-state index is -0.356. The maximum Gasteiger partial charge on any atom is 0.309 e. The molecule has 0 bridgehead atoms. The molecule has 1 saturated carbocycles. The van der Waals surface area contributed by atoms with E-state index >= 15 is 0 Å². The van der Waals surface area contributed by atoms with E-state index in [1.165, 1.54) is 22.5 Å². The largest absolute Gasteiger partial charge is 0.455 e. The molecule has 0 unspecified atom stereocenters. The van der Waals surface area contributed by atoms with Gasteiger partial charge in [-0.1, -0.05) is 12.5 Å². The van der Waals surface area contributed by atoms with E-state index in [4.69, 9.17) is 4.74 Å². The van der Waals surface area contributed by atoms with Crippen molar-refractivity contribution >= 4 is 28.3 Å². The third-order valence-electron chi connectivity index (χ3n) is 4.65. The zero-order valence-corrected chi connectivity index (χ0v) is 15.5. The number of benzene rings is 1. The number of aromatic nitrogens is 1. The Kier molecular flexibility index (Phi) is 5.18. The Morgan fingerprint density at radius 3 is 2.60 bits per heavy atom. The van der Waals surface area contributed by atoms with Gasteiger partial charge in [-0.3, -0.25) is 14.9 Å². The number of amides is 1. The van der Waals surface area contributed by atoms with Crippen LogP contribution < -0.4 is 5.32 Å². The number of carbonyl (C=O) groups is 2. The van der Waals surface area contributed by atoms with Crippen molar-refractivity contribution in [3.8, 4) is 11.3 Å². The summed E-state index contributed by atoms with van der Waals surface area (Å²) in [7, 11) is 0. The van der Waals surface area contributed by atoms with Gasteiger partial charge in [-0.2, -0.15) is 0 Å². The van der Waals surface area contributed by atoms with E-state index < -0.39 is 0 Å². The van der Waals surface area contributed by atoms with Crippen molar-refractivity contribution in [1.82, 2.24) is 4.98 Å². The zero-order chi connectivity index (χ0) is 18.0. The molecule has 2 aromatic rings. The molecule has 1 aromatic carbocycles. The van der Waals surface area contributed by atoms with Crippen LogP contribution in [0.15, 0.2) is 17.5 Å². The quantitative estimate of drug-likeness (QED) is 0.820. The number of ether oxygens (including phenoxy) is 1. The fraction of sp³-hybridized carbons (Fsp3) is 0.421. The molecule has 0 atom stereocenters. The van der Waals surface area contributed by atoms with Crippen LogP contribution in [0.4, 0.5) is 5.13 Å². The molecule has 1 N–H and O–H groups in total. The number of nitrogens with one attached hydrogen (secondary N) is 1. The summed E-state index contributed by atoms with van der Waals surface area (Å²) in [6, 6.07) is 4.26. The second-order valence-corrected chi connectivity index (χ2v) is 7.43. The van der Waals surface area contributed by atoms with Crippen LogP contribution in [-0.2, 0) is 14.3 Å². The molecule has 0 radical (unpaired) electrons. The Morgan fingerprint density at radius 1 is 1.20 bits per heavy atom. The van der Waals surface area contributed by atoms with Gasteiger partial charge in [-0.05, 0) is 56.4 Å². The number of hydrogen-bond donors (Lipinski definition) is 1. The van der Waals surface area contributed by atoms with Crippen molar-refractivity contribution in [2.45, 2.75) is 40.0 Å². The van der Waals surface area contributed by atoms with Gasteiger partial charge < -0.3 is 4.74 Å². The van der Waals surface area contributed by atoms with Gasteiger partial charge in [0, 0.05) is 10.9 Å². The molecule has 5 nitrogen and oxygen atoms in total. The standard InChI is InChI=1S/C19H22N2O3S/c1-11-7-13(3)15(8-12(11)2)16-10-25-19(20-16)21-17(22)9-24-18(23)14-5-4-6-14/h7-8,10,14H,4-6,9H2,1-3H3,(H,20,21,22). The molecule has 3 rings (SSSR count). The van der Waals surface area contributed by atoms with E-state index in [0.29, 0.717) is 5.13 Å². The summed E-state index contributed by atoms with van der Waals surface area (Å²) in [6.45, 7) is 5.96. The Labute approximate surface area is 151 Å². The van der Waals surface area contributed by atoms with Crippen LogP contribution in [0.3, 0.4) is 0 Å². The molecule has 0 spiro atoms. The highest BCUT2D eigenvalue weighted by atomic mass is 32.1. The summed E-state index contributed by atoms with van der Waals surface area (Å²) < 4.78 is 5.05. The Bertz CT molecular complexity index is 809. The number of nitrogens with zero attached hydrogens (tertiary/aromatic N) is 1. The van der Waals surface area contributed by atoms with Gasteiger partial charge in [-0.15, -0.1) is 11.3 Å². The SMILES string of the molecule is Cc1cc(C)c(-c2csc(NC(=O)COC(=O)C3CCC3)n2)cc1C. The highest BCUT2D eigenvalue weighted by Crippen LogP contribution is 2.30. The first-order chi connectivity index (χ1) is 11.9. The molecule has 1 aliphatic rings. The summed E-state index contributed by atoms with van der Waals surface area (Å²) in [6.07, 6.45) is 2.79. The molecular weight excluding hydrogens is 336 g/mol. The van der Waals surface area contributed by atoms with Gasteiger partial charge in [0.2, 0.25) is 0 Å². The molecule has 0 saturated heterocycles. The third-order valence-corrected chi connectivity index (χ3v) is 5.41. The van der Waals surface area contributed by atoms with Crippen LogP contribution in [0.25, 0.3) is 11.3 Å². The minimum Gasteiger partial charge on any atom is -0.455 e. The van der Waals surface area contributed by atoms with Crippen molar-refractivity contribution in [1.29, 1.82) is 0 Å². The zero-order valence-electron chi connectivity index (χ0n) is 14.7. The van der Waals surface area contributed by atoms with Gasteiger partial charge in [0.25, 0.3) is 5.91 Å². The monoisotopic (exact) mass is 358 g/mol. The van der Waals surface area contributed by atoms with Crippen LogP contribution in [0.2, 0.25) is 0 Å². The number of carbonyl (C=O) groups excluding carboxylic acids is 2. The van der Waals surface area contributed by atoms with E-state index in [1.54, 1.807) is 0 Å². The summed E-state index contributed by atoms with van der Waals surface area (Å²) in [5, 5.41) is 5.13. The summed E-state index contributed by atoms with van der Waals surface area (Å²) in [4.78, 5) is 28.1. The van der Waals surface area contributed by atoms with Crippen LogP contribution in [0.5, 0.6) is 0 Å². The van der Waals surface area contributed by atoms with Gasteiger partial charge >= 0.3 is 5.97 Å². The Morgan fingerprint density at radius 2 is 1.92 bits per heavy atom. The number of hydrogen-bond acceptors (Lipinski definition) is 5. The first-order valence-corrected chi connectivity index (χ1v) is 9.32. The average Bonchev–Trinajstić information content (AvgIpc) is 2.95. The molecule has 1 aromatic heterocycles. The molecule has 1 heterocycles. The maximum atomic E-state index is 11.9. The smallest absolute Gasteiger partial charge is 0.309 e. The highest BCUT2D eigenvalue weighted by molar-refractivity contribution is 7.14. The van der Waals surface area contributed by atoms with Crippen LogP contribution in [0, 0.1) is 26.7 Å². The van der Waals surface area contributed by atoms with E-state index in [9.17, 15) is 9.59 Å². The van der Waals surface area contributed by atoms with Crippen LogP contribution >= 0.6 is 11.3 Å². The lowest BCUT2D eigenvalue weighted by Crippen LogP contribution is -2.28. The lowest BCUT2D eigenvalue weighted by atomic mass is 9.86. The molecule has 25 heavy (non-hydrogen) atoms. The lowest BCUT2D eigenvalue weighted by Gasteiger charge is -2.22. The number of aryl methyl sites for hydroxylation is 3. The van der Waals surface area contributed by atoms with E-state index in [0.717, 1.165) is 36.1 Å². The van der Waals surface area contributed by atoms with E-state index in [2.05, 4.69) is 43.2 Å². The number of rotatable bonds is 5. The van der Waals surface area contributed by atoms with E-state index in [-0.39, 0.29) is 24.4 Å². The highest BCUT2D eigenvalue weighted by Gasteiger charge is 2.27. The molecule has 1 aliphatic carbocycles. The molecule has 1 amide bonds. The molecular formula is C19H22N2O3S. The van der Waals surface area contributed by atoms with Crippen molar-refractivity contribution in [2.24, 2.45) is 5.92 Å². The first kappa shape index (κ1) is 17.6. The minimum absolute atomic E-state index is 0.0213. The number of esters is 1. The topological polar surface area (TPSA) is 68.3 Å². The average molecular weight is 358 g/mol. The normalized spacial score (nSPS) is 14.0. The molecule has 6 heteroatoms. The Hall–Kier alpha value is -2.21. The summed E-state index contributed by atoms with van der Waals surface area (Å²) >= 11 is 1.36. The van der Waals surface area contributed by atoms with Gasteiger partial charge in [-0.25, -0.2) is 4.98 Å². The van der Waals surface area contributed by atoms with E-state index in [1.807, 2.05) is 5.38 Å². The van der Waals surface area contributed by atoms with Crippen molar-refractivity contribution < 1.29 is 14.3 Å². The fourth-order valence-corrected chi connectivity index (χ4v) is 3.47. The Balaban J connectivity index is 1.60. The maximum absolute atomic E-state index is 11.9. The van der Waals surface area contributed by atoms with Gasteiger partial charge in [0.05, 0.1) is 11.6 Å². The molecule has 0 aliphatic heterocycles. The number of thiazole rings is 1. The summed E-state index contributed by atoms with van der Waals surface area (Å²) in [5.74, 6) is -0.649. The van der Waals surface area contributed by atoms with Gasteiger partial charge in [0.15, 0.2) is 11.7 Å². The van der Waals surface area contributed by atoms with Gasteiger partial charge in [0.1, 0.15) is 0 Å². The first-order valence-electron chi connectivity index (χ1n) is 8.44. The van der Waals surface area contributed by atoms with Crippen LogP contribution in [0.1, 0.15) is 36.0 Å². The second-order valence-electron chi connectivity index (χ2n) is 6.57. The van der Waals surface area contributed by atoms with Crippen LogP contribution in [-0.4, -0.2) is 23.5 Å². The second kappa shape index (κ2) is 7.35. The fourth-order valence-electron chi connectivity index (χ4n) is 2.75. The van der Waals surface area contributed by atoms with Crippen molar-refractivity contribution in [3.63, 3.8) is 0 Å². The summed E-state index contributed by atoms with van der Waals surface area (Å²) in [5.41, 5.74) is 5.52. The third kappa shape index (κ3) is 4.07. The predicted molar refractivity (Wildman–Crippen MR) is 98.7 cm³/mol.